The average Bonchev–Trinajstić information content (AvgIpc) is 2.76. The Balaban J connectivity index is 1.96. The fraction of sp³-hybridized carbons (Fsp3) is 0.292. The summed E-state index contributed by atoms with van der Waals surface area (Å²) in [5.74, 6) is -1.84. The zero-order valence-electron chi connectivity index (χ0n) is 19.3. The Kier molecular flexibility index (Phi) is 9.21. The van der Waals surface area contributed by atoms with E-state index in [0.29, 0.717) is 16.1 Å². The zero-order valence-corrected chi connectivity index (χ0v) is 20.1. The first-order valence-electron chi connectivity index (χ1n) is 10.3. The maximum Gasteiger partial charge on any atom is 0.340 e. The van der Waals surface area contributed by atoms with Crippen LogP contribution in [0.3, 0.4) is 0 Å². The minimum absolute atomic E-state index is 0.00406. The Morgan fingerprint density at radius 3 is 2.47 bits per heavy atom. The number of carbonyl (C=O) groups is 4. The minimum atomic E-state index is -1.22. The molecule has 0 saturated heterocycles. The molecule has 1 atom stereocenters. The van der Waals surface area contributed by atoms with Gasteiger partial charge in [0.05, 0.1) is 22.9 Å². The number of esters is 1. The number of nitriles is 1. The molecular formula is C24H26N4O5S. The number of hydrogen-bond acceptors (Lipinski definition) is 7. The van der Waals surface area contributed by atoms with Crippen molar-refractivity contribution in [1.29, 1.82) is 5.26 Å². The molecule has 0 bridgehead atoms. The third-order valence-electron chi connectivity index (χ3n) is 4.12. The first-order chi connectivity index (χ1) is 16.0. The van der Waals surface area contributed by atoms with Gasteiger partial charge in [0.25, 0.3) is 5.91 Å². The molecule has 2 aromatic rings. The molecule has 10 heteroatoms. The number of ether oxygens (including phenoxy) is 1. The molecule has 2 aromatic carbocycles. The number of anilines is 1. The van der Waals surface area contributed by atoms with Gasteiger partial charge in [-0.15, -0.1) is 11.8 Å². The lowest BCUT2D eigenvalue weighted by Gasteiger charge is -2.21. The van der Waals surface area contributed by atoms with E-state index in [-0.39, 0.29) is 17.2 Å². The van der Waals surface area contributed by atoms with E-state index in [1.807, 2.05) is 6.07 Å². The number of urea groups is 1. The van der Waals surface area contributed by atoms with Crippen LogP contribution >= 0.6 is 11.8 Å². The number of nitrogens with zero attached hydrogens (tertiary/aromatic N) is 1. The Morgan fingerprint density at radius 2 is 1.79 bits per heavy atom. The quantitative estimate of drug-likeness (QED) is 0.406. The van der Waals surface area contributed by atoms with Gasteiger partial charge in [-0.05, 0) is 58.0 Å². The second kappa shape index (κ2) is 11.9. The number of nitrogens with one attached hydrogen (secondary N) is 3. The van der Waals surface area contributed by atoms with Crippen molar-refractivity contribution in [3.63, 3.8) is 0 Å². The van der Waals surface area contributed by atoms with Crippen LogP contribution in [0, 0.1) is 11.3 Å². The predicted molar refractivity (Wildman–Crippen MR) is 128 cm³/mol. The van der Waals surface area contributed by atoms with Gasteiger partial charge in [-0.25, -0.2) is 9.59 Å². The molecule has 2 rings (SSSR count). The topological polar surface area (TPSA) is 137 Å². The third-order valence-corrected chi connectivity index (χ3v) is 5.19. The second-order valence-electron chi connectivity index (χ2n) is 8.27. The van der Waals surface area contributed by atoms with Crippen molar-refractivity contribution in [1.82, 2.24) is 10.6 Å². The molecule has 0 radical (unpaired) electrons. The molecule has 4 amide bonds. The lowest BCUT2D eigenvalue weighted by molar-refractivity contribution is -0.128. The lowest BCUT2D eigenvalue weighted by Crippen LogP contribution is -2.50. The maximum absolute atomic E-state index is 12.7. The van der Waals surface area contributed by atoms with E-state index in [1.54, 1.807) is 63.2 Å². The summed E-state index contributed by atoms with van der Waals surface area (Å²) in [6.45, 7) is 6.65. The Labute approximate surface area is 202 Å². The fourth-order valence-electron chi connectivity index (χ4n) is 2.63. The smallest absolute Gasteiger partial charge is 0.340 e. The molecule has 0 fully saturated rings. The van der Waals surface area contributed by atoms with Crippen molar-refractivity contribution in [2.75, 3.05) is 11.1 Å². The van der Waals surface area contributed by atoms with Gasteiger partial charge in [0, 0.05) is 16.1 Å². The van der Waals surface area contributed by atoms with Crippen molar-refractivity contribution in [2.24, 2.45) is 0 Å². The number of thioether (sulfide) groups is 1. The lowest BCUT2D eigenvalue weighted by atomic mass is 10.1. The number of benzene rings is 2. The average molecular weight is 483 g/mol. The van der Waals surface area contributed by atoms with E-state index in [9.17, 15) is 19.2 Å². The van der Waals surface area contributed by atoms with Gasteiger partial charge in [0.2, 0.25) is 5.91 Å². The highest BCUT2D eigenvalue weighted by Gasteiger charge is 2.24. The van der Waals surface area contributed by atoms with E-state index in [0.717, 1.165) is 11.8 Å². The largest absolute Gasteiger partial charge is 0.449 e. The number of imide groups is 1. The molecule has 9 nitrogen and oxygen atoms in total. The van der Waals surface area contributed by atoms with Crippen LogP contribution in [0.5, 0.6) is 0 Å². The summed E-state index contributed by atoms with van der Waals surface area (Å²) in [6.07, 6.45) is -1.22. The predicted octanol–water partition coefficient (Wildman–Crippen LogP) is 3.46. The molecule has 0 aromatic heterocycles. The summed E-state index contributed by atoms with van der Waals surface area (Å²) in [7, 11) is 0. The van der Waals surface area contributed by atoms with Crippen molar-refractivity contribution in [3.8, 4) is 6.07 Å². The maximum atomic E-state index is 12.7. The molecule has 3 N–H and O–H groups in total. The Morgan fingerprint density at radius 1 is 1.09 bits per heavy atom. The first-order valence-corrected chi connectivity index (χ1v) is 11.3. The van der Waals surface area contributed by atoms with Crippen LogP contribution in [0.2, 0.25) is 0 Å². The molecule has 0 aliphatic heterocycles. The van der Waals surface area contributed by atoms with Crippen LogP contribution in [0.4, 0.5) is 10.5 Å². The van der Waals surface area contributed by atoms with Crippen LogP contribution in [0.25, 0.3) is 0 Å². The van der Waals surface area contributed by atoms with Crippen molar-refractivity contribution in [2.45, 2.75) is 44.2 Å². The highest BCUT2D eigenvalue weighted by Crippen LogP contribution is 2.24. The molecule has 0 spiro atoms. The zero-order chi connectivity index (χ0) is 25.3. The van der Waals surface area contributed by atoms with E-state index in [1.165, 1.54) is 13.0 Å². The van der Waals surface area contributed by atoms with Crippen LogP contribution < -0.4 is 16.0 Å². The molecule has 34 heavy (non-hydrogen) atoms. The Hall–Kier alpha value is -3.84. The summed E-state index contributed by atoms with van der Waals surface area (Å²) in [5, 5.41) is 16.4. The van der Waals surface area contributed by atoms with Gasteiger partial charge < -0.3 is 15.4 Å². The first kappa shape index (κ1) is 26.4. The summed E-state index contributed by atoms with van der Waals surface area (Å²) < 4.78 is 5.22. The normalized spacial score (nSPS) is 11.5. The minimum Gasteiger partial charge on any atom is -0.449 e. The van der Waals surface area contributed by atoms with E-state index in [2.05, 4.69) is 16.0 Å². The molecule has 0 heterocycles. The van der Waals surface area contributed by atoms with Gasteiger partial charge in [-0.1, -0.05) is 18.2 Å². The van der Waals surface area contributed by atoms with Gasteiger partial charge in [0.1, 0.15) is 0 Å². The second-order valence-corrected chi connectivity index (χ2v) is 9.28. The van der Waals surface area contributed by atoms with E-state index in [4.69, 9.17) is 10.00 Å². The van der Waals surface area contributed by atoms with Crippen molar-refractivity contribution >= 4 is 41.3 Å². The molecule has 178 valence electrons. The van der Waals surface area contributed by atoms with Crippen LogP contribution in [-0.2, 0) is 14.3 Å². The van der Waals surface area contributed by atoms with Gasteiger partial charge in [0.15, 0.2) is 6.10 Å². The summed E-state index contributed by atoms with van der Waals surface area (Å²) in [5.41, 5.74) is 0.566. The molecule has 0 saturated carbocycles. The molecule has 0 aliphatic carbocycles. The highest BCUT2D eigenvalue weighted by molar-refractivity contribution is 8.00. The number of rotatable bonds is 7. The van der Waals surface area contributed by atoms with Crippen LogP contribution in [0.15, 0.2) is 53.4 Å². The van der Waals surface area contributed by atoms with E-state index < -0.39 is 29.6 Å². The van der Waals surface area contributed by atoms with Gasteiger partial charge in [-0.3, -0.25) is 14.9 Å². The third kappa shape index (κ3) is 8.60. The monoisotopic (exact) mass is 482 g/mol. The highest BCUT2D eigenvalue weighted by atomic mass is 32.2. The number of amides is 4. The summed E-state index contributed by atoms with van der Waals surface area (Å²) in [4.78, 5) is 49.5. The Bertz CT molecular complexity index is 1120. The standard InChI is InChI=1S/C24H26N4O5S/c1-15(21(30)27-23(32)28-24(2,3)4)33-22(31)18-10-5-6-11-19(18)34-14-20(29)26-17-9-7-8-16(12-17)13-25/h5-12,15H,14H2,1-4H3,(H,26,29)(H2,27,28,30,32). The van der Waals surface area contributed by atoms with E-state index >= 15 is 0 Å². The number of carbonyl (C=O) groups excluding carboxylic acids is 4. The number of hydrogen-bond donors (Lipinski definition) is 3. The molecule has 1 unspecified atom stereocenters. The summed E-state index contributed by atoms with van der Waals surface area (Å²) in [6, 6.07) is 14.4. The molecule has 0 aliphatic rings. The van der Waals surface area contributed by atoms with Gasteiger partial charge in [-0.2, -0.15) is 5.26 Å². The summed E-state index contributed by atoms with van der Waals surface area (Å²) >= 11 is 1.12. The molecular weight excluding hydrogens is 456 g/mol. The van der Waals surface area contributed by atoms with Crippen molar-refractivity contribution < 1.29 is 23.9 Å². The van der Waals surface area contributed by atoms with Crippen LogP contribution in [0.1, 0.15) is 43.6 Å². The fourth-order valence-corrected chi connectivity index (χ4v) is 3.47. The SMILES string of the molecule is CC(OC(=O)c1ccccc1SCC(=O)Nc1cccc(C#N)c1)C(=O)NC(=O)NC(C)(C)C. The van der Waals surface area contributed by atoms with Crippen LogP contribution in [-0.4, -0.2) is 41.2 Å². The van der Waals surface area contributed by atoms with Crippen molar-refractivity contribution in [3.05, 3.63) is 59.7 Å². The van der Waals surface area contributed by atoms with Gasteiger partial charge >= 0.3 is 12.0 Å².